The van der Waals surface area contributed by atoms with Gasteiger partial charge in [-0.15, -0.1) is 0 Å². The molecule has 1 aromatic rings. The van der Waals surface area contributed by atoms with Gasteiger partial charge in [0.2, 0.25) is 5.91 Å². The van der Waals surface area contributed by atoms with Crippen molar-refractivity contribution in [3.63, 3.8) is 0 Å². The van der Waals surface area contributed by atoms with Gasteiger partial charge in [0, 0.05) is 6.54 Å². The predicted molar refractivity (Wildman–Crippen MR) is 93.8 cm³/mol. The third-order valence-electron chi connectivity index (χ3n) is 5.38. The summed E-state index contributed by atoms with van der Waals surface area (Å²) in [6.45, 7) is 2.27. The lowest BCUT2D eigenvalue weighted by molar-refractivity contribution is -0.137. The van der Waals surface area contributed by atoms with Gasteiger partial charge in [0.05, 0.1) is 0 Å². The summed E-state index contributed by atoms with van der Waals surface area (Å²) < 4.78 is 0. The lowest BCUT2D eigenvalue weighted by atomic mass is 9.73. The second kappa shape index (κ2) is 7.25. The second-order valence-electron chi connectivity index (χ2n) is 7.03. The first kappa shape index (κ1) is 17.5. The maximum atomic E-state index is 12.8. The lowest BCUT2D eigenvalue weighted by Gasteiger charge is -2.36. The third-order valence-corrected chi connectivity index (χ3v) is 5.38. The van der Waals surface area contributed by atoms with E-state index in [4.69, 9.17) is 0 Å². The van der Waals surface area contributed by atoms with Crippen molar-refractivity contribution in [1.29, 1.82) is 0 Å². The van der Waals surface area contributed by atoms with E-state index < -0.39 is 11.6 Å². The van der Waals surface area contributed by atoms with Gasteiger partial charge in [0.15, 0.2) is 0 Å². The molecular weight excluding hydrogens is 318 g/mol. The molecule has 2 N–H and O–H groups in total. The highest BCUT2D eigenvalue weighted by Gasteiger charge is 2.55. The molecule has 0 aromatic heterocycles. The van der Waals surface area contributed by atoms with Crippen molar-refractivity contribution in [3.8, 4) is 0 Å². The molecule has 1 aliphatic heterocycles. The monoisotopic (exact) mass is 343 g/mol. The molecule has 134 valence electrons. The average molecular weight is 343 g/mol. The normalized spacial score (nSPS) is 26.0. The van der Waals surface area contributed by atoms with Gasteiger partial charge in [0.25, 0.3) is 5.91 Å². The van der Waals surface area contributed by atoms with Crippen LogP contribution in [0.4, 0.5) is 4.79 Å². The minimum absolute atomic E-state index is 0.101. The highest BCUT2D eigenvalue weighted by molar-refractivity contribution is 6.09. The van der Waals surface area contributed by atoms with E-state index in [1.165, 1.54) is 0 Å². The largest absolute Gasteiger partial charge is 0.354 e. The number of carbonyl (C=O) groups excluding carboxylic acids is 3. The van der Waals surface area contributed by atoms with Crippen molar-refractivity contribution in [3.05, 3.63) is 35.9 Å². The number of hydrogen-bond donors (Lipinski definition) is 2. The van der Waals surface area contributed by atoms with Crippen LogP contribution in [0.1, 0.15) is 38.2 Å². The van der Waals surface area contributed by atoms with Gasteiger partial charge in [-0.1, -0.05) is 50.1 Å². The predicted octanol–water partition coefficient (Wildman–Crippen LogP) is 1.85. The van der Waals surface area contributed by atoms with Gasteiger partial charge < -0.3 is 10.6 Å². The zero-order valence-corrected chi connectivity index (χ0v) is 14.6. The first-order valence-corrected chi connectivity index (χ1v) is 8.97. The van der Waals surface area contributed by atoms with Crippen molar-refractivity contribution in [2.75, 3.05) is 13.1 Å². The summed E-state index contributed by atoms with van der Waals surface area (Å²) in [5.41, 5.74) is 0.326. The van der Waals surface area contributed by atoms with Crippen LogP contribution in [0.3, 0.4) is 0 Å². The Bertz CT molecular complexity index is 661. The summed E-state index contributed by atoms with van der Waals surface area (Å²) in [7, 11) is 0. The zero-order valence-electron chi connectivity index (χ0n) is 14.6. The Morgan fingerprint density at radius 1 is 1.28 bits per heavy atom. The van der Waals surface area contributed by atoms with Gasteiger partial charge >= 0.3 is 6.03 Å². The standard InChI is InChI=1S/C19H25N3O3/c1-14-7-5-6-11-19(14)17(24)22(18(25)21-19)13-16(23)20-12-10-15-8-3-2-4-9-15/h2-4,8-9,14H,5-7,10-13H2,1H3,(H,20,23)(H,21,25). The fourth-order valence-electron chi connectivity index (χ4n) is 3.83. The Kier molecular flexibility index (Phi) is 5.06. The summed E-state index contributed by atoms with van der Waals surface area (Å²) >= 11 is 0. The Morgan fingerprint density at radius 2 is 2.04 bits per heavy atom. The Morgan fingerprint density at radius 3 is 2.76 bits per heavy atom. The van der Waals surface area contributed by atoms with E-state index in [-0.39, 0.29) is 24.3 Å². The van der Waals surface area contributed by atoms with E-state index >= 15 is 0 Å². The van der Waals surface area contributed by atoms with Crippen LogP contribution in [0.25, 0.3) is 0 Å². The van der Waals surface area contributed by atoms with Crippen LogP contribution < -0.4 is 10.6 Å². The van der Waals surface area contributed by atoms with E-state index in [0.717, 1.165) is 29.7 Å². The van der Waals surface area contributed by atoms with Crippen LogP contribution in [0.5, 0.6) is 0 Å². The lowest BCUT2D eigenvalue weighted by Crippen LogP contribution is -2.54. The molecule has 6 nitrogen and oxygen atoms in total. The molecule has 1 saturated heterocycles. The van der Waals surface area contributed by atoms with E-state index in [2.05, 4.69) is 10.6 Å². The smallest absolute Gasteiger partial charge is 0.325 e. The van der Waals surface area contributed by atoms with Gasteiger partial charge in [-0.05, 0) is 30.7 Å². The van der Waals surface area contributed by atoms with Crippen molar-refractivity contribution in [2.45, 2.75) is 44.6 Å². The van der Waals surface area contributed by atoms with E-state index in [0.29, 0.717) is 19.4 Å². The second-order valence-corrected chi connectivity index (χ2v) is 7.03. The number of carbonyl (C=O) groups is 3. The number of nitrogens with one attached hydrogen (secondary N) is 2. The molecule has 25 heavy (non-hydrogen) atoms. The van der Waals surface area contributed by atoms with Crippen LogP contribution in [-0.2, 0) is 16.0 Å². The molecule has 4 amide bonds. The van der Waals surface area contributed by atoms with Crippen molar-refractivity contribution < 1.29 is 14.4 Å². The van der Waals surface area contributed by atoms with Crippen molar-refractivity contribution in [2.24, 2.45) is 5.92 Å². The molecule has 6 heteroatoms. The average Bonchev–Trinajstić information content (AvgIpc) is 2.84. The number of rotatable bonds is 5. The number of nitrogens with zero attached hydrogens (tertiary/aromatic N) is 1. The Labute approximate surface area is 148 Å². The molecule has 2 atom stereocenters. The highest BCUT2D eigenvalue weighted by Crippen LogP contribution is 2.38. The van der Waals surface area contributed by atoms with Crippen molar-refractivity contribution in [1.82, 2.24) is 15.5 Å². The molecule has 1 heterocycles. The molecule has 1 saturated carbocycles. The van der Waals surface area contributed by atoms with Gasteiger partial charge in [-0.2, -0.15) is 0 Å². The number of urea groups is 1. The van der Waals surface area contributed by atoms with Crippen molar-refractivity contribution >= 4 is 17.8 Å². The Balaban J connectivity index is 1.54. The molecule has 2 unspecified atom stereocenters. The summed E-state index contributed by atoms with van der Waals surface area (Å²) in [4.78, 5) is 38.3. The number of imide groups is 1. The summed E-state index contributed by atoms with van der Waals surface area (Å²) in [6, 6.07) is 9.40. The maximum absolute atomic E-state index is 12.8. The van der Waals surface area contributed by atoms with E-state index in [1.807, 2.05) is 37.3 Å². The molecule has 1 spiro atoms. The molecule has 1 aromatic carbocycles. The number of benzene rings is 1. The molecule has 3 rings (SSSR count). The summed E-state index contributed by atoms with van der Waals surface area (Å²) in [5, 5.41) is 5.65. The van der Waals surface area contributed by atoms with Gasteiger partial charge in [0.1, 0.15) is 12.1 Å². The number of amides is 4. The van der Waals surface area contributed by atoms with Gasteiger partial charge in [-0.25, -0.2) is 4.79 Å². The molecular formula is C19H25N3O3. The quantitative estimate of drug-likeness (QED) is 0.801. The van der Waals surface area contributed by atoms with E-state index in [9.17, 15) is 14.4 Å². The Hall–Kier alpha value is -2.37. The molecule has 1 aliphatic carbocycles. The number of hydrogen-bond acceptors (Lipinski definition) is 3. The molecule has 0 bridgehead atoms. The molecule has 2 fully saturated rings. The zero-order chi connectivity index (χ0) is 17.9. The maximum Gasteiger partial charge on any atom is 0.325 e. The van der Waals surface area contributed by atoms with Crippen LogP contribution in [-0.4, -0.2) is 41.4 Å². The van der Waals surface area contributed by atoms with Crippen LogP contribution in [0.15, 0.2) is 30.3 Å². The fraction of sp³-hybridized carbons (Fsp3) is 0.526. The van der Waals surface area contributed by atoms with Crippen LogP contribution in [0.2, 0.25) is 0 Å². The molecule has 0 radical (unpaired) electrons. The third kappa shape index (κ3) is 3.52. The summed E-state index contributed by atoms with van der Waals surface area (Å²) in [5.74, 6) is -0.452. The van der Waals surface area contributed by atoms with Crippen LogP contribution in [0, 0.1) is 5.92 Å². The fourth-order valence-corrected chi connectivity index (χ4v) is 3.83. The minimum atomic E-state index is -0.806. The highest BCUT2D eigenvalue weighted by atomic mass is 16.2. The minimum Gasteiger partial charge on any atom is -0.354 e. The van der Waals surface area contributed by atoms with E-state index in [1.54, 1.807) is 0 Å². The van der Waals surface area contributed by atoms with Gasteiger partial charge in [-0.3, -0.25) is 14.5 Å². The topological polar surface area (TPSA) is 78.5 Å². The molecule has 2 aliphatic rings. The first-order valence-electron chi connectivity index (χ1n) is 8.97. The van der Waals surface area contributed by atoms with Crippen LogP contribution >= 0.6 is 0 Å². The summed E-state index contributed by atoms with van der Waals surface area (Å²) in [6.07, 6.45) is 4.29. The first-order chi connectivity index (χ1) is 12.0. The SMILES string of the molecule is CC1CCCCC12NC(=O)N(CC(=O)NCCc1ccccc1)C2=O.